The molecule has 0 aliphatic heterocycles. The molecule has 0 amide bonds. The van der Waals surface area contributed by atoms with Crippen molar-refractivity contribution < 1.29 is 0 Å². The maximum Gasteiger partial charge on any atom is 0.0598 e. The van der Waals surface area contributed by atoms with Crippen molar-refractivity contribution in [3.63, 3.8) is 0 Å². The van der Waals surface area contributed by atoms with Crippen molar-refractivity contribution in [1.82, 2.24) is 5.32 Å². The average molecular weight is 281 g/mol. The molecule has 0 aliphatic carbocycles. The van der Waals surface area contributed by atoms with Crippen LogP contribution in [0.5, 0.6) is 0 Å². The Morgan fingerprint density at radius 2 is 1.90 bits per heavy atom. The summed E-state index contributed by atoms with van der Waals surface area (Å²) in [5.41, 5.74) is 2.40. The van der Waals surface area contributed by atoms with Crippen LogP contribution in [0.2, 0.25) is 0 Å². The number of nitrogens with one attached hydrogen (secondary N) is 1. The van der Waals surface area contributed by atoms with Crippen molar-refractivity contribution in [1.29, 1.82) is 0 Å². The maximum atomic E-state index is 3.34. The third-order valence-corrected chi connectivity index (χ3v) is 3.67. The zero-order valence-electron chi connectivity index (χ0n) is 11.7. The maximum absolute atomic E-state index is 3.34. The van der Waals surface area contributed by atoms with Crippen LogP contribution >= 0.6 is 11.8 Å². The van der Waals surface area contributed by atoms with Gasteiger partial charge >= 0.3 is 0 Å². The van der Waals surface area contributed by atoms with E-state index in [0.717, 1.165) is 24.4 Å². The predicted molar refractivity (Wildman–Crippen MR) is 87.9 cm³/mol. The van der Waals surface area contributed by atoms with E-state index in [-0.39, 0.29) is 0 Å². The molecule has 2 aromatic rings. The van der Waals surface area contributed by atoms with E-state index in [1.165, 1.54) is 10.5 Å². The molecule has 0 aromatic heterocycles. The van der Waals surface area contributed by atoms with Gasteiger partial charge in [0.05, 0.1) is 5.75 Å². The molecule has 2 heteroatoms. The van der Waals surface area contributed by atoms with Crippen LogP contribution in [0.3, 0.4) is 0 Å². The lowest BCUT2D eigenvalue weighted by atomic mass is 10.2. The van der Waals surface area contributed by atoms with Crippen molar-refractivity contribution in [2.45, 2.75) is 18.4 Å². The second-order valence-electron chi connectivity index (χ2n) is 4.38. The standard InChI is InChI=1S/C18H19NS/c1-2-19-15-17-10-6-12-18(14-17)20-13-7-11-16-8-4-3-5-9-16/h3-6,8-10,12,14,19H,2,13,15H2,1H3. The number of hydrogen-bond donors (Lipinski definition) is 1. The summed E-state index contributed by atoms with van der Waals surface area (Å²) in [5, 5.41) is 3.34. The number of hydrogen-bond acceptors (Lipinski definition) is 2. The molecule has 0 fully saturated rings. The van der Waals surface area contributed by atoms with E-state index in [1.807, 2.05) is 30.3 Å². The third kappa shape index (κ3) is 5.13. The van der Waals surface area contributed by atoms with E-state index in [4.69, 9.17) is 0 Å². The van der Waals surface area contributed by atoms with Gasteiger partial charge in [0.2, 0.25) is 0 Å². The van der Waals surface area contributed by atoms with E-state index in [2.05, 4.69) is 48.3 Å². The number of benzene rings is 2. The van der Waals surface area contributed by atoms with Gasteiger partial charge in [0.25, 0.3) is 0 Å². The van der Waals surface area contributed by atoms with Gasteiger partial charge in [0.1, 0.15) is 0 Å². The van der Waals surface area contributed by atoms with Crippen LogP contribution in [-0.4, -0.2) is 12.3 Å². The molecule has 0 heterocycles. The Kier molecular flexibility index (Phi) is 6.23. The Balaban J connectivity index is 1.86. The molecule has 0 unspecified atom stereocenters. The summed E-state index contributed by atoms with van der Waals surface area (Å²) in [7, 11) is 0. The first kappa shape index (κ1) is 14.7. The van der Waals surface area contributed by atoms with E-state index >= 15 is 0 Å². The van der Waals surface area contributed by atoms with Crippen LogP contribution in [-0.2, 0) is 6.54 Å². The second kappa shape index (κ2) is 8.47. The highest BCUT2D eigenvalue weighted by Gasteiger charge is 1.95. The van der Waals surface area contributed by atoms with E-state index in [9.17, 15) is 0 Å². The van der Waals surface area contributed by atoms with Crippen molar-refractivity contribution in [2.75, 3.05) is 12.3 Å². The Bertz CT molecular complexity index is 581. The monoisotopic (exact) mass is 281 g/mol. The summed E-state index contributed by atoms with van der Waals surface area (Å²) in [5.74, 6) is 7.21. The summed E-state index contributed by atoms with van der Waals surface area (Å²) >= 11 is 1.79. The minimum Gasteiger partial charge on any atom is -0.313 e. The minimum atomic E-state index is 0.819. The molecule has 1 nitrogen and oxygen atoms in total. The second-order valence-corrected chi connectivity index (χ2v) is 5.43. The van der Waals surface area contributed by atoms with Crippen molar-refractivity contribution >= 4 is 11.8 Å². The van der Waals surface area contributed by atoms with Gasteiger partial charge in [-0.2, -0.15) is 0 Å². The molecule has 2 rings (SSSR count). The fourth-order valence-corrected chi connectivity index (χ4v) is 2.51. The SMILES string of the molecule is CCNCc1cccc(SCC#Cc2ccccc2)c1. The molecule has 102 valence electrons. The van der Waals surface area contributed by atoms with Gasteiger partial charge in [0, 0.05) is 17.0 Å². The zero-order chi connectivity index (χ0) is 14.0. The smallest absolute Gasteiger partial charge is 0.0598 e. The van der Waals surface area contributed by atoms with Crippen LogP contribution in [0.4, 0.5) is 0 Å². The van der Waals surface area contributed by atoms with E-state index < -0.39 is 0 Å². The Labute approximate surface area is 125 Å². The van der Waals surface area contributed by atoms with Gasteiger partial charge in [-0.3, -0.25) is 0 Å². The first-order chi connectivity index (χ1) is 9.88. The summed E-state index contributed by atoms with van der Waals surface area (Å²) < 4.78 is 0. The van der Waals surface area contributed by atoms with Gasteiger partial charge in [-0.15, -0.1) is 11.8 Å². The van der Waals surface area contributed by atoms with Crippen molar-refractivity contribution in [3.8, 4) is 11.8 Å². The molecule has 0 bridgehead atoms. The third-order valence-electron chi connectivity index (χ3n) is 2.80. The Hall–Kier alpha value is -1.69. The van der Waals surface area contributed by atoms with Crippen LogP contribution < -0.4 is 5.32 Å². The average Bonchev–Trinajstić information content (AvgIpc) is 2.51. The number of thioether (sulfide) groups is 1. The van der Waals surface area contributed by atoms with Gasteiger partial charge in [-0.1, -0.05) is 49.1 Å². The first-order valence-electron chi connectivity index (χ1n) is 6.85. The predicted octanol–water partition coefficient (Wildman–Crippen LogP) is 3.94. The van der Waals surface area contributed by atoms with Crippen LogP contribution in [0.1, 0.15) is 18.1 Å². The van der Waals surface area contributed by atoms with Gasteiger partial charge < -0.3 is 5.32 Å². The van der Waals surface area contributed by atoms with Gasteiger partial charge in [-0.25, -0.2) is 0 Å². The Morgan fingerprint density at radius 3 is 2.70 bits per heavy atom. The molecular formula is C18H19NS. The quantitative estimate of drug-likeness (QED) is 0.658. The minimum absolute atomic E-state index is 0.819. The summed E-state index contributed by atoms with van der Waals surface area (Å²) in [4.78, 5) is 1.28. The Morgan fingerprint density at radius 1 is 1.05 bits per heavy atom. The number of rotatable bonds is 5. The molecular weight excluding hydrogens is 262 g/mol. The van der Waals surface area contributed by atoms with Crippen LogP contribution in [0.15, 0.2) is 59.5 Å². The largest absolute Gasteiger partial charge is 0.313 e. The first-order valence-corrected chi connectivity index (χ1v) is 7.83. The lowest BCUT2D eigenvalue weighted by Crippen LogP contribution is -2.11. The van der Waals surface area contributed by atoms with Crippen molar-refractivity contribution in [3.05, 3.63) is 65.7 Å². The summed E-state index contributed by atoms with van der Waals surface area (Å²) in [6, 6.07) is 18.8. The fourth-order valence-electron chi connectivity index (χ4n) is 1.79. The molecule has 20 heavy (non-hydrogen) atoms. The summed E-state index contributed by atoms with van der Waals surface area (Å²) in [6.45, 7) is 4.05. The topological polar surface area (TPSA) is 12.0 Å². The highest BCUT2D eigenvalue weighted by atomic mass is 32.2. The van der Waals surface area contributed by atoms with Crippen molar-refractivity contribution in [2.24, 2.45) is 0 Å². The lowest BCUT2D eigenvalue weighted by molar-refractivity contribution is 0.725. The highest BCUT2D eigenvalue weighted by molar-refractivity contribution is 7.99. The van der Waals surface area contributed by atoms with Gasteiger partial charge in [-0.05, 0) is 36.4 Å². The highest BCUT2D eigenvalue weighted by Crippen LogP contribution is 2.18. The molecule has 0 radical (unpaired) electrons. The van der Waals surface area contributed by atoms with E-state index in [1.54, 1.807) is 11.8 Å². The molecule has 0 atom stereocenters. The fraction of sp³-hybridized carbons (Fsp3) is 0.222. The summed E-state index contributed by atoms with van der Waals surface area (Å²) in [6.07, 6.45) is 0. The van der Waals surface area contributed by atoms with E-state index in [0.29, 0.717) is 0 Å². The molecule has 2 aromatic carbocycles. The molecule has 0 aliphatic rings. The normalized spacial score (nSPS) is 9.85. The molecule has 0 spiro atoms. The van der Waals surface area contributed by atoms with Crippen LogP contribution in [0, 0.1) is 11.8 Å². The molecule has 1 N–H and O–H groups in total. The lowest BCUT2D eigenvalue weighted by Gasteiger charge is -2.04. The molecule has 0 saturated heterocycles. The van der Waals surface area contributed by atoms with Gasteiger partial charge in [0.15, 0.2) is 0 Å². The molecule has 0 saturated carbocycles. The van der Waals surface area contributed by atoms with Crippen LogP contribution in [0.25, 0.3) is 0 Å². The zero-order valence-corrected chi connectivity index (χ0v) is 12.5.